The SMILES string of the molecule is [2H]C(O)[C@H](CCCCNC(=O)[C@@H](NC(=O)OC([2H])([2H])[2H])C(c1ccccc1)c1ccccc1)N(C([2H])C(C)C)S(=O)(=O)c1ccc(N)cc1. The zero-order chi connectivity index (χ0) is 36.4. The molecule has 0 fully saturated rings. The van der Waals surface area contributed by atoms with Crippen LogP contribution in [0.4, 0.5) is 10.5 Å². The first-order valence-electron chi connectivity index (χ1n) is 17.0. The third-order valence-corrected chi connectivity index (χ3v) is 8.74. The molecule has 4 atom stereocenters. The Morgan fingerprint density at radius 1 is 0.977 bits per heavy atom. The van der Waals surface area contributed by atoms with Gasteiger partial charge in [-0.15, -0.1) is 0 Å². The van der Waals surface area contributed by atoms with Crippen molar-refractivity contribution >= 4 is 27.7 Å². The lowest BCUT2D eigenvalue weighted by atomic mass is 9.84. The van der Waals surface area contributed by atoms with Gasteiger partial charge in [0.25, 0.3) is 0 Å². The number of nitrogens with two attached hydrogens (primary N) is 1. The number of aliphatic hydroxyl groups is 1. The standard InChI is InChI=1S/C33H44N4O6S/c1-24(2)22-37(44(41,42)29-19-17-27(34)18-20-29)28(23-38)16-10-11-21-35-32(39)31(36-33(40)43-3)30(25-12-6-4-7-13-25)26-14-8-5-9-15-26/h4-9,12-15,17-20,24,28,30-31,38H,10-11,16,21-23,34H2,1-3H3,(H,35,39)(H,36,40)/t28-,31-/m0/s1/i3D3,22D,23D/t22?,23?,28-,31-. The highest BCUT2D eigenvalue weighted by molar-refractivity contribution is 7.89. The summed E-state index contributed by atoms with van der Waals surface area (Å²) in [5, 5.41) is 15.6. The Balaban J connectivity index is 1.80. The third-order valence-electron chi connectivity index (χ3n) is 6.92. The molecule has 0 aromatic heterocycles. The van der Waals surface area contributed by atoms with Gasteiger partial charge in [-0.2, -0.15) is 4.31 Å². The normalized spacial score (nSPS) is 16.5. The molecule has 2 unspecified atom stereocenters. The van der Waals surface area contributed by atoms with Gasteiger partial charge in [0.05, 0.1) is 24.0 Å². The van der Waals surface area contributed by atoms with Crippen molar-refractivity contribution < 1.29 is 34.7 Å². The van der Waals surface area contributed by atoms with E-state index in [-0.39, 0.29) is 30.7 Å². The molecule has 0 aliphatic carbocycles. The van der Waals surface area contributed by atoms with Crippen molar-refractivity contribution in [1.82, 2.24) is 14.9 Å². The number of nitrogens with zero attached hydrogens (tertiary/aromatic N) is 1. The van der Waals surface area contributed by atoms with Crippen LogP contribution in [0.2, 0.25) is 0 Å². The summed E-state index contributed by atoms with van der Waals surface area (Å²) in [6.45, 7) is 0.231. The fraction of sp³-hybridized carbons (Fsp3) is 0.394. The number of methoxy groups -OCH3 is 1. The van der Waals surface area contributed by atoms with Crippen molar-refractivity contribution in [3.8, 4) is 0 Å². The third kappa shape index (κ3) is 9.54. The van der Waals surface area contributed by atoms with Crippen LogP contribution in [0, 0.1) is 5.92 Å². The van der Waals surface area contributed by atoms with E-state index in [1.807, 2.05) is 0 Å². The summed E-state index contributed by atoms with van der Waals surface area (Å²) >= 11 is 0. The van der Waals surface area contributed by atoms with Gasteiger partial charge in [0.15, 0.2) is 0 Å². The van der Waals surface area contributed by atoms with Gasteiger partial charge in [0.1, 0.15) is 6.04 Å². The summed E-state index contributed by atoms with van der Waals surface area (Å²) in [6.07, 6.45) is -0.774. The number of aliphatic hydroxyl groups excluding tert-OH is 1. The molecule has 0 spiro atoms. The zero-order valence-electron chi connectivity index (χ0n) is 29.8. The van der Waals surface area contributed by atoms with Crippen LogP contribution in [0.25, 0.3) is 0 Å². The summed E-state index contributed by atoms with van der Waals surface area (Å²) in [7, 11) is -7.35. The van der Waals surface area contributed by atoms with Crippen LogP contribution in [0.15, 0.2) is 89.8 Å². The first kappa shape index (κ1) is 27.6. The van der Waals surface area contributed by atoms with Crippen LogP contribution in [0.1, 0.15) is 57.0 Å². The van der Waals surface area contributed by atoms with Gasteiger partial charge in [-0.3, -0.25) is 4.79 Å². The van der Waals surface area contributed by atoms with Crippen LogP contribution in [-0.2, 0) is 19.6 Å². The number of ether oxygens (including phenoxy) is 1. The summed E-state index contributed by atoms with van der Waals surface area (Å²) < 4.78 is 71.4. The highest BCUT2D eigenvalue weighted by Gasteiger charge is 2.33. The first-order chi connectivity index (χ1) is 23.0. The molecule has 0 bridgehead atoms. The van der Waals surface area contributed by atoms with Gasteiger partial charge in [0, 0.05) is 32.1 Å². The maximum Gasteiger partial charge on any atom is 0.407 e. The average Bonchev–Trinajstić information content (AvgIpc) is 3.03. The summed E-state index contributed by atoms with van der Waals surface area (Å²) in [5.41, 5.74) is 7.42. The minimum absolute atomic E-state index is 0.0000818. The van der Waals surface area contributed by atoms with Crippen LogP contribution in [0.3, 0.4) is 0 Å². The van der Waals surface area contributed by atoms with Gasteiger partial charge in [-0.1, -0.05) is 80.9 Å². The number of nitrogen functional groups attached to an aromatic ring is 1. The van der Waals surface area contributed by atoms with Crippen LogP contribution < -0.4 is 16.4 Å². The number of carbonyl (C=O) groups excluding carboxylic acids is 2. The van der Waals surface area contributed by atoms with E-state index in [1.54, 1.807) is 74.5 Å². The number of carbonyl (C=O) groups is 2. The number of rotatable bonds is 16. The minimum Gasteiger partial charge on any atom is -0.453 e. The Morgan fingerprint density at radius 3 is 2.09 bits per heavy atom. The number of hydrogen-bond donors (Lipinski definition) is 4. The molecule has 2 amide bonds. The van der Waals surface area contributed by atoms with Crippen LogP contribution in [-0.4, -0.2) is 68.6 Å². The largest absolute Gasteiger partial charge is 0.453 e. The summed E-state index contributed by atoms with van der Waals surface area (Å²) in [5.74, 6) is -1.82. The molecular weight excluding hydrogens is 580 g/mol. The van der Waals surface area contributed by atoms with E-state index in [2.05, 4.69) is 15.4 Å². The van der Waals surface area contributed by atoms with E-state index >= 15 is 0 Å². The smallest absolute Gasteiger partial charge is 0.407 e. The molecule has 0 saturated heterocycles. The molecule has 5 N–H and O–H groups in total. The second-order valence-electron chi connectivity index (χ2n) is 10.6. The Hall–Kier alpha value is -3.93. The maximum atomic E-state index is 13.7. The Morgan fingerprint density at radius 2 is 1.57 bits per heavy atom. The molecule has 0 radical (unpaired) electrons. The lowest BCUT2D eigenvalue weighted by Gasteiger charge is -2.31. The van der Waals surface area contributed by atoms with Crippen molar-refractivity contribution in [2.75, 3.05) is 32.4 Å². The van der Waals surface area contributed by atoms with Crippen molar-refractivity contribution in [1.29, 1.82) is 0 Å². The number of anilines is 1. The second kappa shape index (κ2) is 16.8. The van der Waals surface area contributed by atoms with Gasteiger partial charge in [0.2, 0.25) is 15.9 Å². The number of sulfonamides is 1. The van der Waals surface area contributed by atoms with Gasteiger partial charge < -0.3 is 26.2 Å². The lowest BCUT2D eigenvalue weighted by Crippen LogP contribution is -2.50. The van der Waals surface area contributed by atoms with Crippen molar-refractivity contribution in [2.24, 2.45) is 5.92 Å². The molecular formula is C33H44N4O6S. The maximum absolute atomic E-state index is 13.7. The number of nitrogens with one attached hydrogen (secondary N) is 2. The molecule has 44 heavy (non-hydrogen) atoms. The van der Waals surface area contributed by atoms with E-state index in [0.29, 0.717) is 16.8 Å². The van der Waals surface area contributed by atoms with E-state index in [1.165, 1.54) is 24.3 Å². The molecule has 3 aromatic carbocycles. The fourth-order valence-corrected chi connectivity index (χ4v) is 6.49. The van der Waals surface area contributed by atoms with E-state index in [4.69, 9.17) is 12.6 Å². The molecule has 3 rings (SSSR count). The minimum atomic E-state index is -4.31. The molecule has 10 nitrogen and oxygen atoms in total. The first-order valence-corrected chi connectivity index (χ1v) is 15.8. The summed E-state index contributed by atoms with van der Waals surface area (Å²) in [4.78, 5) is 26.2. The number of hydrogen-bond acceptors (Lipinski definition) is 7. The van der Waals surface area contributed by atoms with Crippen LogP contribution >= 0.6 is 0 Å². The molecule has 238 valence electrons. The summed E-state index contributed by atoms with van der Waals surface area (Å²) in [6, 6.07) is 20.7. The van der Waals surface area contributed by atoms with Crippen molar-refractivity contribution in [3.05, 3.63) is 96.1 Å². The number of alkyl carbamates (subject to hydrolysis) is 1. The lowest BCUT2D eigenvalue weighted by molar-refractivity contribution is -0.123. The molecule has 11 heteroatoms. The highest BCUT2D eigenvalue weighted by Crippen LogP contribution is 2.29. The number of benzene rings is 3. The quantitative estimate of drug-likeness (QED) is 0.137. The monoisotopic (exact) mass is 629 g/mol. The van der Waals surface area contributed by atoms with E-state index in [0.717, 1.165) is 4.31 Å². The Labute approximate surface area is 267 Å². The van der Waals surface area contributed by atoms with Crippen molar-refractivity contribution in [3.63, 3.8) is 0 Å². The highest BCUT2D eigenvalue weighted by atomic mass is 32.2. The molecule has 0 saturated carbocycles. The second-order valence-corrected chi connectivity index (χ2v) is 12.5. The molecule has 3 aromatic rings. The fourth-order valence-electron chi connectivity index (χ4n) is 4.85. The Bertz CT molecular complexity index is 1560. The van der Waals surface area contributed by atoms with Crippen LogP contribution in [0.5, 0.6) is 0 Å². The zero-order valence-corrected chi connectivity index (χ0v) is 25.6. The topological polar surface area (TPSA) is 151 Å². The van der Waals surface area contributed by atoms with Gasteiger partial charge >= 0.3 is 6.09 Å². The molecule has 0 heterocycles. The van der Waals surface area contributed by atoms with Gasteiger partial charge in [-0.05, 0) is 54.2 Å². The number of unbranched alkanes of at least 4 members (excludes halogenated alkanes) is 1. The Kier molecular flexibility index (Phi) is 10.5. The van der Waals surface area contributed by atoms with Gasteiger partial charge in [-0.25, -0.2) is 13.2 Å². The van der Waals surface area contributed by atoms with Crippen molar-refractivity contribution in [2.45, 2.75) is 56.0 Å². The predicted molar refractivity (Wildman–Crippen MR) is 171 cm³/mol. The average molecular weight is 630 g/mol. The number of amides is 2. The molecule has 0 aliphatic rings. The predicted octanol–water partition coefficient (Wildman–Crippen LogP) is 4.12. The van der Waals surface area contributed by atoms with E-state index < -0.39 is 66.1 Å². The van der Waals surface area contributed by atoms with E-state index in [9.17, 15) is 23.1 Å². The molecule has 0 aliphatic heterocycles.